The molecule has 4 aromatic rings. The van der Waals surface area contributed by atoms with Gasteiger partial charge in [0, 0.05) is 0 Å². The molecule has 6 rings (SSSR count). The van der Waals surface area contributed by atoms with Gasteiger partial charge < -0.3 is 24.8 Å². The second kappa shape index (κ2) is 11.8. The normalized spacial score (nSPS) is 17.2. The van der Waals surface area contributed by atoms with Gasteiger partial charge in [0.25, 0.3) is 0 Å². The summed E-state index contributed by atoms with van der Waals surface area (Å²) in [5.74, 6) is 5.50. The molecule has 0 spiro atoms. The van der Waals surface area contributed by atoms with Crippen molar-refractivity contribution in [1.29, 1.82) is 0 Å². The average Bonchev–Trinajstić information content (AvgIpc) is 3.63. The van der Waals surface area contributed by atoms with Gasteiger partial charge >= 0.3 is 233 Å². The molecule has 0 saturated heterocycles. The third-order valence-corrected chi connectivity index (χ3v) is 11.4. The predicted molar refractivity (Wildman–Crippen MR) is 148 cm³/mol. The molecule has 0 aliphatic heterocycles. The van der Waals surface area contributed by atoms with Gasteiger partial charge in [0.1, 0.15) is 0 Å². The van der Waals surface area contributed by atoms with Gasteiger partial charge in [-0.1, -0.05) is 0 Å². The Morgan fingerprint density at radius 2 is 1.00 bits per heavy atom. The summed E-state index contributed by atoms with van der Waals surface area (Å²) in [7, 11) is 0. The molecule has 2 nitrogen and oxygen atoms in total. The van der Waals surface area contributed by atoms with Crippen molar-refractivity contribution in [2.75, 3.05) is 0 Å². The number of furan rings is 2. The molecule has 2 aromatic carbocycles. The van der Waals surface area contributed by atoms with E-state index in [-0.39, 0.29) is 36.6 Å². The van der Waals surface area contributed by atoms with E-state index in [1.165, 1.54) is 33.4 Å². The minimum absolute atomic E-state index is 0. The summed E-state index contributed by atoms with van der Waals surface area (Å²) in [6, 6.07) is 22.3. The van der Waals surface area contributed by atoms with Gasteiger partial charge in [-0.3, -0.25) is 0 Å². The number of aryl methyl sites for hydroxylation is 2. The second-order valence-electron chi connectivity index (χ2n) is 11.1. The van der Waals surface area contributed by atoms with E-state index >= 15 is 0 Å². The molecule has 0 N–H and O–H groups in total. The van der Waals surface area contributed by atoms with Crippen LogP contribution >= 0.6 is 0 Å². The van der Waals surface area contributed by atoms with E-state index in [1.54, 1.807) is 6.56 Å². The summed E-state index contributed by atoms with van der Waals surface area (Å²) in [5.41, 5.74) is 8.50. The van der Waals surface area contributed by atoms with Crippen molar-refractivity contribution in [2.24, 2.45) is 0 Å². The van der Waals surface area contributed by atoms with Crippen LogP contribution in [0.5, 0.6) is 0 Å². The third-order valence-electron chi connectivity index (χ3n) is 7.81. The van der Waals surface area contributed by atoms with Gasteiger partial charge in [-0.05, 0) is 0 Å². The monoisotopic (exact) mass is 634 g/mol. The summed E-state index contributed by atoms with van der Waals surface area (Å²) in [6.45, 7) is 13.3. The minimum Gasteiger partial charge on any atom is -1.00 e. The molecule has 5 heteroatoms. The van der Waals surface area contributed by atoms with E-state index < -0.39 is 23.2 Å². The first kappa shape index (κ1) is 29.9. The van der Waals surface area contributed by atoms with Gasteiger partial charge in [-0.25, -0.2) is 0 Å². The van der Waals surface area contributed by atoms with E-state index in [9.17, 15) is 0 Å². The number of rotatable bonds is 6. The Labute approximate surface area is 256 Å². The van der Waals surface area contributed by atoms with Crippen LogP contribution in [0.15, 0.2) is 76.1 Å². The van der Waals surface area contributed by atoms with Crippen LogP contribution in [0.1, 0.15) is 108 Å². The maximum atomic E-state index is 6.29. The topological polar surface area (TPSA) is 26.3 Å². The van der Waals surface area contributed by atoms with Crippen molar-refractivity contribution < 1.29 is 56.9 Å². The number of benzene rings is 2. The van der Waals surface area contributed by atoms with Crippen molar-refractivity contribution in [2.45, 2.75) is 65.2 Å². The standard InChI is InChI=1S/2C17H17O.2ClH.Zr/c2*1-11(2)13-5-4-6-14-15(13)8-9-16(14)17-10-7-12(3)18-17;;;/h2*4-8,10-11,16H,1-3H3;2*1H;/q;;;;+2/p-2. The molecule has 2 aliphatic carbocycles. The van der Waals surface area contributed by atoms with Crippen molar-refractivity contribution in [3.63, 3.8) is 0 Å². The Bertz CT molecular complexity index is 1440. The quantitative estimate of drug-likeness (QED) is 0.324. The van der Waals surface area contributed by atoms with Gasteiger partial charge in [0.05, 0.1) is 0 Å². The van der Waals surface area contributed by atoms with Crippen molar-refractivity contribution >= 4 is 12.2 Å². The average molecular weight is 637 g/mol. The molecule has 0 amide bonds. The number of allylic oxidation sites excluding steroid dienone is 2. The zero-order valence-electron chi connectivity index (χ0n) is 23.3. The van der Waals surface area contributed by atoms with E-state index in [0.29, 0.717) is 11.8 Å². The van der Waals surface area contributed by atoms with Crippen LogP contribution in [0.4, 0.5) is 0 Å². The van der Waals surface area contributed by atoms with Crippen molar-refractivity contribution in [3.8, 4) is 0 Å². The summed E-state index contributed by atoms with van der Waals surface area (Å²) in [4.78, 5) is 0. The summed E-state index contributed by atoms with van der Waals surface area (Å²) in [6.07, 6.45) is 5.05. The summed E-state index contributed by atoms with van der Waals surface area (Å²) in [5, 5.41) is 0. The van der Waals surface area contributed by atoms with Crippen LogP contribution in [0.3, 0.4) is 0 Å². The van der Waals surface area contributed by atoms with Crippen LogP contribution in [0.2, 0.25) is 0 Å². The number of hydrogen-bond acceptors (Lipinski definition) is 2. The zero-order valence-corrected chi connectivity index (χ0v) is 27.3. The third kappa shape index (κ3) is 5.35. The molecule has 2 heterocycles. The van der Waals surface area contributed by atoms with Crippen LogP contribution in [0.25, 0.3) is 12.2 Å². The fourth-order valence-electron chi connectivity index (χ4n) is 6.07. The van der Waals surface area contributed by atoms with E-state index in [4.69, 9.17) is 8.83 Å². The first-order chi connectivity index (χ1) is 17.8. The van der Waals surface area contributed by atoms with Crippen molar-refractivity contribution in [3.05, 3.63) is 124 Å². The van der Waals surface area contributed by atoms with Crippen LogP contribution < -0.4 is 24.8 Å². The molecule has 2 atom stereocenters. The van der Waals surface area contributed by atoms with Crippen LogP contribution in [0, 0.1) is 13.8 Å². The molecular weight excluding hydrogens is 603 g/mol. The molecule has 2 unspecified atom stereocenters. The van der Waals surface area contributed by atoms with Gasteiger partial charge in [-0.15, -0.1) is 0 Å². The zero-order chi connectivity index (χ0) is 25.8. The molecule has 200 valence electrons. The van der Waals surface area contributed by atoms with E-state index in [0.717, 1.165) is 23.0 Å². The van der Waals surface area contributed by atoms with Gasteiger partial charge in [0.2, 0.25) is 0 Å². The molecule has 39 heavy (non-hydrogen) atoms. The number of halogens is 2. The molecule has 0 fully saturated rings. The first-order valence-corrected chi connectivity index (χ1v) is 15.9. The number of fused-ring (bicyclic) bond motifs is 2. The first-order valence-electron chi connectivity index (χ1n) is 13.4. The Kier molecular flexibility index (Phi) is 9.06. The molecule has 2 aromatic heterocycles. The van der Waals surface area contributed by atoms with Gasteiger partial charge in [0.15, 0.2) is 0 Å². The smallest absolute Gasteiger partial charge is 1.00 e. The molecule has 0 bridgehead atoms. The van der Waals surface area contributed by atoms with Crippen LogP contribution in [-0.4, -0.2) is 0 Å². The fourth-order valence-corrected chi connectivity index (χ4v) is 10.1. The van der Waals surface area contributed by atoms with E-state index in [1.807, 2.05) is 13.8 Å². The summed E-state index contributed by atoms with van der Waals surface area (Å²) >= 11 is -1.18. The Morgan fingerprint density at radius 3 is 1.33 bits per heavy atom. The van der Waals surface area contributed by atoms with E-state index in [2.05, 4.69) is 101 Å². The largest absolute Gasteiger partial charge is 1.00 e. The SMILES string of the molecule is Cc1ccc(C2[C]([Zr+2][C]3=Cc4c(C(C)C)cccc4C3c3ccc(C)o3)=Cc3c(C(C)C)cccc32)o1.[Cl-].[Cl-]. The Morgan fingerprint density at radius 1 is 0.590 bits per heavy atom. The van der Waals surface area contributed by atoms with Crippen molar-refractivity contribution in [1.82, 2.24) is 0 Å². The minimum atomic E-state index is -1.18. The number of hydrogen-bond donors (Lipinski definition) is 0. The molecule has 0 saturated carbocycles. The maximum absolute atomic E-state index is 6.29. The fraction of sp³-hybridized carbons (Fsp3) is 0.294. The molecular formula is C34H34Cl2O2Zr. The van der Waals surface area contributed by atoms with Crippen LogP contribution in [-0.2, 0) is 23.2 Å². The Hall–Kier alpha value is -2.06. The summed E-state index contributed by atoms with van der Waals surface area (Å²) < 4.78 is 15.7. The Balaban J connectivity index is 0.00000176. The molecule has 0 radical (unpaired) electrons. The maximum Gasteiger partial charge on any atom is -1.00 e. The molecule has 2 aliphatic rings. The predicted octanol–water partition coefficient (Wildman–Crippen LogP) is 3.50. The van der Waals surface area contributed by atoms with Gasteiger partial charge in [-0.2, -0.15) is 0 Å². The second-order valence-corrected chi connectivity index (χ2v) is 14.5.